The lowest BCUT2D eigenvalue weighted by molar-refractivity contribution is -0.135. The fraction of sp³-hybridized carbons (Fsp3) is 0.474. The highest BCUT2D eigenvalue weighted by atomic mass is 32.1. The van der Waals surface area contributed by atoms with E-state index in [0.29, 0.717) is 28.8 Å². The number of amides is 1. The van der Waals surface area contributed by atoms with Crippen molar-refractivity contribution in [1.29, 1.82) is 0 Å². The molecule has 0 aliphatic heterocycles. The first-order chi connectivity index (χ1) is 13.4. The first-order valence-corrected chi connectivity index (χ1v) is 9.67. The molecule has 0 radical (unpaired) electrons. The molecule has 1 aromatic heterocycles. The molecule has 1 N–H and O–H groups in total. The maximum atomic E-state index is 12.1. The Labute approximate surface area is 169 Å². The van der Waals surface area contributed by atoms with Crippen LogP contribution in [0, 0.1) is 4.77 Å². The number of aromatic amines is 1. The summed E-state index contributed by atoms with van der Waals surface area (Å²) >= 11 is 5.27. The van der Waals surface area contributed by atoms with Crippen molar-refractivity contribution in [3.8, 4) is 11.5 Å². The van der Waals surface area contributed by atoms with Crippen molar-refractivity contribution in [2.45, 2.75) is 38.7 Å². The molecule has 0 saturated heterocycles. The number of H-pyrrole nitrogens is 1. The maximum Gasteiger partial charge on any atom is 0.262 e. The Morgan fingerprint density at radius 1 is 1.46 bits per heavy atom. The third-order valence-corrected chi connectivity index (χ3v) is 4.56. The van der Waals surface area contributed by atoms with E-state index in [1.165, 1.54) is 4.90 Å². The first kappa shape index (κ1) is 20.1. The number of likely N-dealkylation sites (N-methyl/N-ethyl adjacent to an activating group) is 1. The summed E-state index contributed by atoms with van der Waals surface area (Å²) in [5.41, 5.74) is 0.826. The van der Waals surface area contributed by atoms with Gasteiger partial charge in [0.2, 0.25) is 4.77 Å². The summed E-state index contributed by atoms with van der Waals surface area (Å²) in [7, 11) is 3.39. The van der Waals surface area contributed by atoms with Crippen LogP contribution in [0.5, 0.6) is 11.5 Å². The van der Waals surface area contributed by atoms with Crippen LogP contribution in [0.15, 0.2) is 23.3 Å². The highest BCUT2D eigenvalue weighted by molar-refractivity contribution is 7.71. The van der Waals surface area contributed by atoms with Crippen LogP contribution in [-0.4, -0.2) is 58.7 Å². The van der Waals surface area contributed by atoms with Gasteiger partial charge in [0.1, 0.15) is 0 Å². The van der Waals surface area contributed by atoms with Crippen LogP contribution in [0.4, 0.5) is 0 Å². The van der Waals surface area contributed by atoms with Crippen molar-refractivity contribution in [2.75, 3.05) is 20.7 Å². The van der Waals surface area contributed by atoms with Gasteiger partial charge in [-0.25, -0.2) is 0 Å². The SMILES string of the molecule is CCOc1cc(/C=N\n2c(C3CC3)n[nH]c2=S)ccc1O[C@H](C)C(=O)N(C)C. The van der Waals surface area contributed by atoms with Crippen molar-refractivity contribution in [2.24, 2.45) is 5.10 Å². The van der Waals surface area contributed by atoms with E-state index in [9.17, 15) is 4.79 Å². The van der Waals surface area contributed by atoms with Crippen molar-refractivity contribution in [3.05, 3.63) is 34.4 Å². The van der Waals surface area contributed by atoms with E-state index in [2.05, 4.69) is 15.3 Å². The molecule has 0 bridgehead atoms. The minimum absolute atomic E-state index is 0.116. The van der Waals surface area contributed by atoms with Crippen LogP contribution in [0.1, 0.15) is 44.0 Å². The molecule has 1 aliphatic rings. The number of hydrogen-bond acceptors (Lipinski definition) is 6. The lowest BCUT2D eigenvalue weighted by Crippen LogP contribution is -2.35. The fourth-order valence-corrected chi connectivity index (χ4v) is 2.91. The number of carbonyl (C=O) groups excluding carboxylic acids is 1. The van der Waals surface area contributed by atoms with Gasteiger partial charge >= 0.3 is 0 Å². The van der Waals surface area contributed by atoms with Crippen LogP contribution in [-0.2, 0) is 4.79 Å². The van der Waals surface area contributed by atoms with E-state index in [1.807, 2.05) is 19.1 Å². The summed E-state index contributed by atoms with van der Waals surface area (Å²) in [6, 6.07) is 5.46. The van der Waals surface area contributed by atoms with E-state index in [1.54, 1.807) is 38.0 Å². The molecule has 1 aliphatic carbocycles. The van der Waals surface area contributed by atoms with E-state index >= 15 is 0 Å². The van der Waals surface area contributed by atoms with Gasteiger partial charge in [0.05, 0.1) is 12.8 Å². The van der Waals surface area contributed by atoms with Gasteiger partial charge in [-0.3, -0.25) is 9.89 Å². The fourth-order valence-electron chi connectivity index (χ4n) is 2.72. The number of carbonyl (C=O) groups is 1. The summed E-state index contributed by atoms with van der Waals surface area (Å²) in [6.07, 6.45) is 3.32. The predicted octanol–water partition coefficient (Wildman–Crippen LogP) is 2.95. The Bertz CT molecular complexity index is 930. The van der Waals surface area contributed by atoms with Crippen molar-refractivity contribution >= 4 is 24.3 Å². The topological polar surface area (TPSA) is 84.7 Å². The molecule has 1 atom stereocenters. The summed E-state index contributed by atoms with van der Waals surface area (Å²) in [6.45, 7) is 4.09. The number of benzene rings is 1. The molecule has 28 heavy (non-hydrogen) atoms. The van der Waals surface area contributed by atoms with Gasteiger partial charge in [-0.05, 0) is 62.7 Å². The zero-order valence-corrected chi connectivity index (χ0v) is 17.3. The van der Waals surface area contributed by atoms with Crippen molar-refractivity contribution in [1.82, 2.24) is 19.8 Å². The van der Waals surface area contributed by atoms with E-state index in [-0.39, 0.29) is 5.91 Å². The molecular formula is C19H25N5O3S. The van der Waals surface area contributed by atoms with Crippen molar-refractivity contribution in [3.63, 3.8) is 0 Å². The normalized spacial score (nSPS) is 14.9. The Morgan fingerprint density at radius 3 is 2.86 bits per heavy atom. The lowest BCUT2D eigenvalue weighted by Gasteiger charge is -2.20. The molecule has 1 fully saturated rings. The lowest BCUT2D eigenvalue weighted by atomic mass is 10.2. The van der Waals surface area contributed by atoms with Crippen LogP contribution in [0.3, 0.4) is 0 Å². The molecular weight excluding hydrogens is 378 g/mol. The Kier molecular flexibility index (Phi) is 6.13. The van der Waals surface area contributed by atoms with Gasteiger partial charge in [-0.15, -0.1) is 0 Å². The standard InChI is InChI=1S/C19H25N5O3S/c1-5-26-16-10-13(6-9-15(16)27-12(2)18(25)23(3)4)11-20-24-17(14-7-8-14)21-22-19(24)28/h6,9-12,14H,5,7-8H2,1-4H3,(H,22,28)/b20-11-/t12-/m1/s1. The number of rotatable bonds is 8. The predicted molar refractivity (Wildman–Crippen MR) is 109 cm³/mol. The molecule has 9 heteroatoms. The van der Waals surface area contributed by atoms with Crippen LogP contribution in [0.2, 0.25) is 0 Å². The average Bonchev–Trinajstić information content (AvgIpc) is 3.44. The monoisotopic (exact) mass is 403 g/mol. The van der Waals surface area contributed by atoms with Gasteiger partial charge in [-0.2, -0.15) is 14.9 Å². The number of ether oxygens (including phenoxy) is 2. The second-order valence-electron chi connectivity index (χ2n) is 6.85. The number of aromatic nitrogens is 3. The summed E-state index contributed by atoms with van der Waals surface area (Å²) < 4.78 is 13.6. The minimum Gasteiger partial charge on any atom is -0.490 e. The molecule has 0 unspecified atom stereocenters. The number of nitrogens with one attached hydrogen (secondary N) is 1. The first-order valence-electron chi connectivity index (χ1n) is 9.27. The third-order valence-electron chi connectivity index (χ3n) is 4.30. The molecule has 0 spiro atoms. The zero-order valence-electron chi connectivity index (χ0n) is 16.5. The molecule has 2 aromatic rings. The zero-order chi connectivity index (χ0) is 20.3. The van der Waals surface area contributed by atoms with E-state index in [4.69, 9.17) is 21.7 Å². The minimum atomic E-state index is -0.612. The van der Waals surface area contributed by atoms with Gasteiger partial charge in [0.25, 0.3) is 5.91 Å². The Balaban J connectivity index is 1.81. The van der Waals surface area contributed by atoms with Crippen molar-refractivity contribution < 1.29 is 14.3 Å². The molecule has 1 aromatic carbocycles. The summed E-state index contributed by atoms with van der Waals surface area (Å²) in [5.74, 6) is 2.25. The van der Waals surface area contributed by atoms with E-state index in [0.717, 1.165) is 24.2 Å². The van der Waals surface area contributed by atoms with Gasteiger partial charge in [0.15, 0.2) is 23.4 Å². The molecule has 3 rings (SSSR count). The summed E-state index contributed by atoms with van der Waals surface area (Å²) in [5, 5.41) is 11.5. The third kappa shape index (κ3) is 4.59. The second kappa shape index (κ2) is 8.55. The van der Waals surface area contributed by atoms with Crippen LogP contribution < -0.4 is 9.47 Å². The van der Waals surface area contributed by atoms with Crippen LogP contribution in [0.25, 0.3) is 0 Å². The molecule has 8 nitrogen and oxygen atoms in total. The number of hydrogen-bond donors (Lipinski definition) is 1. The van der Waals surface area contributed by atoms with E-state index < -0.39 is 6.10 Å². The van der Waals surface area contributed by atoms with Gasteiger partial charge in [-0.1, -0.05) is 0 Å². The average molecular weight is 404 g/mol. The molecule has 150 valence electrons. The summed E-state index contributed by atoms with van der Waals surface area (Å²) in [4.78, 5) is 13.6. The quantitative estimate of drug-likeness (QED) is 0.541. The number of nitrogens with zero attached hydrogens (tertiary/aromatic N) is 4. The van der Waals surface area contributed by atoms with Gasteiger partial charge in [0, 0.05) is 20.0 Å². The Hall–Kier alpha value is -2.68. The second-order valence-corrected chi connectivity index (χ2v) is 7.24. The largest absolute Gasteiger partial charge is 0.490 e. The van der Waals surface area contributed by atoms with Crippen LogP contribution >= 0.6 is 12.2 Å². The molecule has 1 saturated carbocycles. The molecule has 1 amide bonds. The highest BCUT2D eigenvalue weighted by Gasteiger charge is 2.29. The Morgan fingerprint density at radius 2 is 2.21 bits per heavy atom. The smallest absolute Gasteiger partial charge is 0.262 e. The van der Waals surface area contributed by atoms with Gasteiger partial charge < -0.3 is 14.4 Å². The maximum absolute atomic E-state index is 12.1. The molecule has 1 heterocycles. The highest BCUT2D eigenvalue weighted by Crippen LogP contribution is 2.38.